The Hall–Kier alpha value is -2.04. The minimum absolute atomic E-state index is 0.0194. The summed E-state index contributed by atoms with van der Waals surface area (Å²) in [5, 5.41) is 6.04. The zero-order valence-electron chi connectivity index (χ0n) is 15.7. The highest BCUT2D eigenvalue weighted by Crippen LogP contribution is 2.30. The van der Waals surface area contributed by atoms with Crippen molar-refractivity contribution in [1.82, 2.24) is 5.32 Å². The Morgan fingerprint density at radius 3 is 2.77 bits per heavy atom. The summed E-state index contributed by atoms with van der Waals surface area (Å²) in [7, 11) is 0. The lowest BCUT2D eigenvalue weighted by Crippen LogP contribution is -2.39. The summed E-state index contributed by atoms with van der Waals surface area (Å²) in [6, 6.07) is 5.67. The molecule has 3 rings (SSSR count). The van der Waals surface area contributed by atoms with Crippen LogP contribution in [0, 0.1) is 11.8 Å². The molecule has 5 heteroatoms. The topological polar surface area (TPSA) is 67.4 Å². The maximum atomic E-state index is 12.5. The van der Waals surface area contributed by atoms with Crippen molar-refractivity contribution in [3.8, 4) is 5.75 Å². The van der Waals surface area contributed by atoms with Gasteiger partial charge in [0, 0.05) is 18.7 Å². The van der Waals surface area contributed by atoms with Crippen molar-refractivity contribution in [3.05, 3.63) is 23.8 Å². The van der Waals surface area contributed by atoms with E-state index in [1.54, 1.807) is 0 Å². The summed E-state index contributed by atoms with van der Waals surface area (Å²) in [6.45, 7) is 3.19. The molecule has 1 aromatic carbocycles. The molecule has 1 heterocycles. The van der Waals surface area contributed by atoms with Crippen molar-refractivity contribution in [1.29, 1.82) is 0 Å². The van der Waals surface area contributed by atoms with Gasteiger partial charge in [0.15, 0.2) is 0 Å². The molecule has 142 valence electrons. The molecule has 0 bridgehead atoms. The fourth-order valence-electron chi connectivity index (χ4n) is 3.87. The van der Waals surface area contributed by atoms with Crippen LogP contribution in [-0.2, 0) is 16.0 Å². The van der Waals surface area contributed by atoms with Gasteiger partial charge in [0.05, 0.1) is 5.92 Å². The van der Waals surface area contributed by atoms with Crippen molar-refractivity contribution in [2.24, 2.45) is 11.8 Å². The summed E-state index contributed by atoms with van der Waals surface area (Å²) in [4.78, 5) is 24.3. The fourth-order valence-corrected chi connectivity index (χ4v) is 3.87. The average molecular weight is 358 g/mol. The molecule has 1 fully saturated rings. The molecule has 0 unspecified atom stereocenters. The molecule has 1 aromatic rings. The number of rotatable bonds is 6. The van der Waals surface area contributed by atoms with Gasteiger partial charge in [0.25, 0.3) is 0 Å². The van der Waals surface area contributed by atoms with Gasteiger partial charge in [-0.15, -0.1) is 0 Å². The maximum Gasteiger partial charge on any atom is 0.226 e. The van der Waals surface area contributed by atoms with E-state index in [9.17, 15) is 9.59 Å². The first-order chi connectivity index (χ1) is 12.7. The third kappa shape index (κ3) is 4.99. The van der Waals surface area contributed by atoms with E-state index < -0.39 is 0 Å². The second-order valence-electron chi connectivity index (χ2n) is 7.58. The van der Waals surface area contributed by atoms with E-state index in [1.807, 2.05) is 25.1 Å². The molecular weight excluding hydrogens is 328 g/mol. The van der Waals surface area contributed by atoms with Gasteiger partial charge in [-0.3, -0.25) is 9.59 Å². The van der Waals surface area contributed by atoms with E-state index in [1.165, 1.54) is 32.1 Å². The van der Waals surface area contributed by atoms with Crippen molar-refractivity contribution < 1.29 is 14.3 Å². The maximum absolute atomic E-state index is 12.5. The minimum atomic E-state index is -0.160. The van der Waals surface area contributed by atoms with Crippen LogP contribution in [0.5, 0.6) is 5.75 Å². The number of hydrogen-bond acceptors (Lipinski definition) is 3. The number of ether oxygens (including phenoxy) is 1. The zero-order chi connectivity index (χ0) is 18.4. The second-order valence-corrected chi connectivity index (χ2v) is 7.58. The molecule has 2 aliphatic rings. The molecule has 0 saturated heterocycles. The van der Waals surface area contributed by atoms with Gasteiger partial charge in [-0.05, 0) is 55.4 Å². The van der Waals surface area contributed by atoms with E-state index in [2.05, 4.69) is 10.6 Å². The normalized spacial score (nSPS) is 20.0. The van der Waals surface area contributed by atoms with Gasteiger partial charge >= 0.3 is 0 Å². The highest BCUT2D eigenvalue weighted by molar-refractivity contribution is 5.91. The molecule has 0 radical (unpaired) electrons. The van der Waals surface area contributed by atoms with E-state index in [-0.39, 0.29) is 17.7 Å². The van der Waals surface area contributed by atoms with Gasteiger partial charge in [-0.1, -0.05) is 26.2 Å². The number of amides is 2. The summed E-state index contributed by atoms with van der Waals surface area (Å²) in [5.41, 5.74) is 1.76. The van der Waals surface area contributed by atoms with Crippen LogP contribution in [0.2, 0.25) is 0 Å². The fraction of sp³-hybridized carbons (Fsp3) is 0.619. The Balaban J connectivity index is 1.55. The standard InChI is InChI=1S/C21H30N2O3/c1-2-6-20(24)23-18-9-10-19-16(12-18)11-17(14-26-19)21(25)22-13-15-7-4-3-5-8-15/h9-10,12,15,17H,2-8,11,13-14H2,1H3,(H,22,25)(H,23,24)/t17-/m1/s1. The molecule has 26 heavy (non-hydrogen) atoms. The Kier molecular flexibility index (Phi) is 6.53. The number of carbonyl (C=O) groups excluding carboxylic acids is 2. The van der Waals surface area contributed by atoms with Crippen LogP contribution in [0.1, 0.15) is 57.4 Å². The smallest absolute Gasteiger partial charge is 0.226 e. The molecule has 0 spiro atoms. The van der Waals surface area contributed by atoms with Gasteiger partial charge in [-0.25, -0.2) is 0 Å². The second kappa shape index (κ2) is 9.06. The minimum Gasteiger partial charge on any atom is -0.492 e. The number of carbonyl (C=O) groups is 2. The van der Waals surface area contributed by atoms with Crippen LogP contribution in [-0.4, -0.2) is 25.0 Å². The number of anilines is 1. The first-order valence-electron chi connectivity index (χ1n) is 9.99. The molecule has 1 aliphatic carbocycles. The highest BCUT2D eigenvalue weighted by atomic mass is 16.5. The van der Waals surface area contributed by atoms with E-state index in [0.29, 0.717) is 25.4 Å². The monoisotopic (exact) mass is 358 g/mol. The van der Waals surface area contributed by atoms with E-state index >= 15 is 0 Å². The Morgan fingerprint density at radius 1 is 1.19 bits per heavy atom. The van der Waals surface area contributed by atoms with Crippen molar-refractivity contribution >= 4 is 17.5 Å². The summed E-state index contributed by atoms with van der Waals surface area (Å²) < 4.78 is 5.78. The molecule has 2 N–H and O–H groups in total. The van der Waals surface area contributed by atoms with E-state index in [4.69, 9.17) is 4.74 Å². The predicted octanol–water partition coefficient (Wildman–Crippen LogP) is 3.67. The van der Waals surface area contributed by atoms with E-state index in [0.717, 1.165) is 30.0 Å². The Labute approximate surface area is 155 Å². The van der Waals surface area contributed by atoms with Gasteiger partial charge in [0.2, 0.25) is 11.8 Å². The third-order valence-corrected chi connectivity index (χ3v) is 5.39. The summed E-state index contributed by atoms with van der Waals surface area (Å²) in [6.07, 6.45) is 8.34. The third-order valence-electron chi connectivity index (χ3n) is 5.39. The zero-order valence-corrected chi connectivity index (χ0v) is 15.7. The molecule has 1 saturated carbocycles. The molecule has 1 atom stereocenters. The first-order valence-corrected chi connectivity index (χ1v) is 9.99. The van der Waals surface area contributed by atoms with Crippen LogP contribution in [0.25, 0.3) is 0 Å². The summed E-state index contributed by atoms with van der Waals surface area (Å²) in [5.74, 6) is 1.39. The lowest BCUT2D eigenvalue weighted by Gasteiger charge is -2.27. The quantitative estimate of drug-likeness (QED) is 0.815. The first kappa shape index (κ1) is 18.7. The molecule has 2 amide bonds. The number of benzene rings is 1. The number of nitrogens with one attached hydrogen (secondary N) is 2. The predicted molar refractivity (Wildman–Crippen MR) is 102 cm³/mol. The van der Waals surface area contributed by atoms with Gasteiger partial charge < -0.3 is 15.4 Å². The molecule has 5 nitrogen and oxygen atoms in total. The van der Waals surface area contributed by atoms with Crippen LogP contribution >= 0.6 is 0 Å². The van der Waals surface area contributed by atoms with Crippen molar-refractivity contribution in [2.75, 3.05) is 18.5 Å². The summed E-state index contributed by atoms with van der Waals surface area (Å²) >= 11 is 0. The lowest BCUT2D eigenvalue weighted by molar-refractivity contribution is -0.126. The van der Waals surface area contributed by atoms with Gasteiger partial charge in [-0.2, -0.15) is 0 Å². The van der Waals surface area contributed by atoms with Crippen molar-refractivity contribution in [3.63, 3.8) is 0 Å². The molecule has 0 aromatic heterocycles. The van der Waals surface area contributed by atoms with Crippen molar-refractivity contribution in [2.45, 2.75) is 58.3 Å². The Morgan fingerprint density at radius 2 is 2.00 bits per heavy atom. The number of hydrogen-bond donors (Lipinski definition) is 2. The lowest BCUT2D eigenvalue weighted by atomic mass is 9.89. The van der Waals surface area contributed by atoms with Crippen LogP contribution < -0.4 is 15.4 Å². The van der Waals surface area contributed by atoms with Crippen LogP contribution in [0.4, 0.5) is 5.69 Å². The molecular formula is C21H30N2O3. The highest BCUT2D eigenvalue weighted by Gasteiger charge is 2.27. The van der Waals surface area contributed by atoms with Crippen LogP contribution in [0.15, 0.2) is 18.2 Å². The Bertz CT molecular complexity index is 638. The SMILES string of the molecule is CCCC(=O)Nc1ccc2c(c1)C[C@@H](C(=O)NCC1CCCCC1)CO2. The van der Waals surface area contributed by atoms with Crippen LogP contribution in [0.3, 0.4) is 0 Å². The average Bonchev–Trinajstić information content (AvgIpc) is 2.66. The molecule has 1 aliphatic heterocycles. The van der Waals surface area contributed by atoms with Gasteiger partial charge in [0.1, 0.15) is 12.4 Å². The largest absolute Gasteiger partial charge is 0.492 e. The number of fused-ring (bicyclic) bond motifs is 1.